The summed E-state index contributed by atoms with van der Waals surface area (Å²) in [5.41, 5.74) is 6.05. The van der Waals surface area contributed by atoms with Crippen LogP contribution in [0.3, 0.4) is 0 Å². The van der Waals surface area contributed by atoms with Gasteiger partial charge in [0.25, 0.3) is 0 Å². The standard InChI is InChI=1S/C38H46F2N2O3/c1-26(2)42(27(3)4)20-17-33(31-8-6-5-7-9-31)34-22-29(12-15-37(34)43)18-21-45-32-13-10-28(11-14-32)16-19-41-25-30-23-35(39)38(44)36(40)24-30/h5-6,8,10-15,22-24,27,33,41,43-44H,1,7,9,16-21,25H2,2-4H3/t33-/m1/s1. The van der Waals surface area contributed by atoms with Gasteiger partial charge in [-0.2, -0.15) is 0 Å². The highest BCUT2D eigenvalue weighted by atomic mass is 19.1. The molecule has 3 aromatic rings. The van der Waals surface area contributed by atoms with Crippen molar-refractivity contribution >= 4 is 0 Å². The zero-order valence-corrected chi connectivity index (χ0v) is 26.7. The summed E-state index contributed by atoms with van der Waals surface area (Å²) >= 11 is 0. The van der Waals surface area contributed by atoms with Crippen molar-refractivity contribution in [1.29, 1.82) is 0 Å². The highest BCUT2D eigenvalue weighted by molar-refractivity contribution is 5.44. The Morgan fingerprint density at radius 1 is 0.978 bits per heavy atom. The zero-order chi connectivity index (χ0) is 32.3. The third kappa shape index (κ3) is 9.69. The first-order valence-electron chi connectivity index (χ1n) is 15.8. The molecule has 240 valence electrons. The third-order valence-corrected chi connectivity index (χ3v) is 8.31. The van der Waals surface area contributed by atoms with Crippen LogP contribution in [0.15, 0.2) is 90.7 Å². The number of halogens is 2. The molecule has 0 heterocycles. The molecule has 0 bridgehead atoms. The summed E-state index contributed by atoms with van der Waals surface area (Å²) in [5.74, 6) is -1.62. The van der Waals surface area contributed by atoms with Crippen molar-refractivity contribution in [3.05, 3.63) is 125 Å². The quantitative estimate of drug-likeness (QED) is 0.141. The van der Waals surface area contributed by atoms with Crippen molar-refractivity contribution in [3.63, 3.8) is 0 Å². The number of phenolic OH excluding ortho intramolecular Hbond substituents is 2. The number of benzene rings is 3. The lowest BCUT2D eigenvalue weighted by Gasteiger charge is -2.32. The van der Waals surface area contributed by atoms with E-state index in [0.717, 1.165) is 72.5 Å². The fourth-order valence-electron chi connectivity index (χ4n) is 5.87. The maximum Gasteiger partial charge on any atom is 0.187 e. The van der Waals surface area contributed by atoms with Crippen LogP contribution in [-0.2, 0) is 19.4 Å². The highest BCUT2D eigenvalue weighted by Gasteiger charge is 2.23. The van der Waals surface area contributed by atoms with Crippen LogP contribution in [0.5, 0.6) is 17.2 Å². The maximum atomic E-state index is 13.5. The van der Waals surface area contributed by atoms with Crippen molar-refractivity contribution in [2.75, 3.05) is 19.7 Å². The van der Waals surface area contributed by atoms with E-state index in [0.29, 0.717) is 43.5 Å². The Balaban J connectivity index is 1.30. The van der Waals surface area contributed by atoms with Gasteiger partial charge in [-0.3, -0.25) is 0 Å². The summed E-state index contributed by atoms with van der Waals surface area (Å²) in [5, 5.41) is 23.4. The number of rotatable bonds is 16. The normalized spacial score (nSPS) is 13.5. The van der Waals surface area contributed by atoms with Crippen molar-refractivity contribution in [2.24, 2.45) is 0 Å². The Morgan fingerprint density at radius 3 is 2.33 bits per heavy atom. The van der Waals surface area contributed by atoms with E-state index in [9.17, 15) is 19.0 Å². The number of nitrogens with zero attached hydrogens (tertiary/aromatic N) is 1. The number of aromatic hydroxyl groups is 2. The molecule has 5 nitrogen and oxygen atoms in total. The molecule has 0 unspecified atom stereocenters. The molecular weight excluding hydrogens is 570 g/mol. The van der Waals surface area contributed by atoms with Crippen molar-refractivity contribution in [3.8, 4) is 17.2 Å². The van der Waals surface area contributed by atoms with Crippen LogP contribution in [-0.4, -0.2) is 40.9 Å². The summed E-state index contributed by atoms with van der Waals surface area (Å²) in [6.07, 6.45) is 10.9. The third-order valence-electron chi connectivity index (χ3n) is 8.31. The van der Waals surface area contributed by atoms with Crippen molar-refractivity contribution in [2.45, 2.75) is 71.4 Å². The maximum absolute atomic E-state index is 13.5. The van der Waals surface area contributed by atoms with Crippen LogP contribution in [0.2, 0.25) is 0 Å². The molecule has 4 rings (SSSR count). The van der Waals surface area contributed by atoms with Gasteiger partial charge in [0.15, 0.2) is 17.4 Å². The van der Waals surface area contributed by atoms with Crippen molar-refractivity contribution in [1.82, 2.24) is 10.2 Å². The van der Waals surface area contributed by atoms with E-state index in [1.165, 1.54) is 5.57 Å². The Morgan fingerprint density at radius 2 is 1.69 bits per heavy atom. The van der Waals surface area contributed by atoms with Crippen LogP contribution >= 0.6 is 0 Å². The predicted octanol–water partition coefficient (Wildman–Crippen LogP) is 8.32. The molecule has 0 fully saturated rings. The lowest BCUT2D eigenvalue weighted by Crippen LogP contribution is -2.30. The average Bonchev–Trinajstić information content (AvgIpc) is 3.02. The van der Waals surface area contributed by atoms with Gasteiger partial charge in [0.2, 0.25) is 0 Å². The molecular formula is C38H46F2N2O3. The number of hydrogen-bond acceptors (Lipinski definition) is 5. The summed E-state index contributed by atoms with van der Waals surface area (Å²) in [6.45, 7) is 12.9. The molecule has 0 saturated heterocycles. The fraction of sp³-hybridized carbons (Fsp3) is 0.368. The second-order valence-electron chi connectivity index (χ2n) is 12.0. The van der Waals surface area contributed by atoms with E-state index < -0.39 is 17.4 Å². The van der Waals surface area contributed by atoms with Gasteiger partial charge in [0, 0.05) is 42.7 Å². The Kier molecular flexibility index (Phi) is 12.2. The van der Waals surface area contributed by atoms with Crippen LogP contribution in [0.25, 0.3) is 0 Å². The first-order chi connectivity index (χ1) is 21.6. The smallest absolute Gasteiger partial charge is 0.187 e. The molecule has 0 aliphatic heterocycles. The first kappa shape index (κ1) is 33.8. The summed E-state index contributed by atoms with van der Waals surface area (Å²) < 4.78 is 33.1. The summed E-state index contributed by atoms with van der Waals surface area (Å²) in [4.78, 5) is 2.32. The van der Waals surface area contributed by atoms with Crippen LogP contribution < -0.4 is 10.1 Å². The molecule has 0 amide bonds. The molecule has 1 atom stereocenters. The average molecular weight is 617 g/mol. The molecule has 0 aromatic heterocycles. The van der Waals surface area contributed by atoms with E-state index in [4.69, 9.17) is 4.74 Å². The Hall–Kier alpha value is -4.10. The summed E-state index contributed by atoms with van der Waals surface area (Å²) in [7, 11) is 0. The van der Waals surface area contributed by atoms with E-state index in [1.807, 2.05) is 36.4 Å². The second-order valence-corrected chi connectivity index (χ2v) is 12.0. The van der Waals surface area contributed by atoms with Gasteiger partial charge >= 0.3 is 0 Å². The largest absolute Gasteiger partial charge is 0.508 e. The van der Waals surface area contributed by atoms with Crippen LogP contribution in [0, 0.1) is 11.6 Å². The Labute approximate surface area is 266 Å². The molecule has 1 aliphatic carbocycles. The minimum absolute atomic E-state index is 0.127. The topological polar surface area (TPSA) is 65.0 Å². The van der Waals surface area contributed by atoms with Gasteiger partial charge < -0.3 is 25.2 Å². The molecule has 0 radical (unpaired) electrons. The minimum atomic E-state index is -0.959. The lowest BCUT2D eigenvalue weighted by atomic mass is 9.82. The van der Waals surface area contributed by atoms with Gasteiger partial charge in [0.1, 0.15) is 11.5 Å². The van der Waals surface area contributed by atoms with Gasteiger partial charge in [0.05, 0.1) is 6.61 Å². The number of hydrogen-bond donors (Lipinski definition) is 3. The zero-order valence-electron chi connectivity index (χ0n) is 26.7. The number of allylic oxidation sites excluding steroid dienone is 5. The van der Waals surface area contributed by atoms with Crippen LogP contribution in [0.1, 0.15) is 68.2 Å². The lowest BCUT2D eigenvalue weighted by molar-refractivity contribution is 0.276. The molecule has 45 heavy (non-hydrogen) atoms. The predicted molar refractivity (Wildman–Crippen MR) is 178 cm³/mol. The molecule has 3 N–H and O–H groups in total. The molecule has 7 heteroatoms. The summed E-state index contributed by atoms with van der Waals surface area (Å²) in [6, 6.07) is 16.5. The Bertz CT molecular complexity index is 1470. The van der Waals surface area contributed by atoms with Gasteiger partial charge in [-0.25, -0.2) is 8.78 Å². The minimum Gasteiger partial charge on any atom is -0.508 e. The number of phenols is 2. The van der Waals surface area contributed by atoms with Crippen LogP contribution in [0.4, 0.5) is 8.78 Å². The van der Waals surface area contributed by atoms with E-state index in [1.54, 1.807) is 0 Å². The monoisotopic (exact) mass is 616 g/mol. The second kappa shape index (κ2) is 16.3. The highest BCUT2D eigenvalue weighted by Crippen LogP contribution is 2.38. The number of ether oxygens (including phenoxy) is 1. The SMILES string of the molecule is C=C(C)N(CC[C@H](C1=CC=CCC1)c1cc(CCOc2ccc(CCNCc3cc(F)c(O)c(F)c3)cc2)ccc1O)C(C)C. The van der Waals surface area contributed by atoms with E-state index in [2.05, 4.69) is 61.9 Å². The first-order valence-corrected chi connectivity index (χ1v) is 15.8. The van der Waals surface area contributed by atoms with Gasteiger partial charge in [-0.05, 0) is 100 Å². The van der Waals surface area contributed by atoms with Crippen molar-refractivity contribution < 1.29 is 23.7 Å². The van der Waals surface area contributed by atoms with Gasteiger partial charge in [-0.1, -0.05) is 54.6 Å². The van der Waals surface area contributed by atoms with E-state index >= 15 is 0 Å². The molecule has 1 aliphatic rings. The number of nitrogens with one attached hydrogen (secondary N) is 1. The van der Waals surface area contributed by atoms with E-state index in [-0.39, 0.29) is 5.92 Å². The fourth-order valence-corrected chi connectivity index (χ4v) is 5.87. The molecule has 0 saturated carbocycles. The van der Waals surface area contributed by atoms with Gasteiger partial charge in [-0.15, -0.1) is 0 Å². The molecule has 0 spiro atoms. The molecule has 3 aromatic carbocycles.